The van der Waals surface area contributed by atoms with Crippen LogP contribution in [0.1, 0.15) is 27.4 Å². The number of rotatable bonds is 5. The van der Waals surface area contributed by atoms with Gasteiger partial charge < -0.3 is 9.84 Å². The fourth-order valence-electron chi connectivity index (χ4n) is 2.21. The summed E-state index contributed by atoms with van der Waals surface area (Å²) in [5, 5.41) is 9.39. The van der Waals surface area contributed by atoms with E-state index in [0.717, 1.165) is 24.3 Å². The van der Waals surface area contributed by atoms with Crippen molar-refractivity contribution in [3.8, 4) is 5.75 Å². The van der Waals surface area contributed by atoms with E-state index in [1.54, 1.807) is 0 Å². The Morgan fingerprint density at radius 2 is 1.58 bits per heavy atom. The molecule has 0 amide bonds. The summed E-state index contributed by atoms with van der Waals surface area (Å²) in [5.74, 6) is -3.34. The standard InChI is InChI=1S/C16H10F4O4/c17-14(21)11-5-1-3-9(7-11)13(15(22)23)10-4-2-6-12(8-10)24-16(18,19)20/h1-8,13H,(H,22,23). The van der Waals surface area contributed by atoms with Crippen LogP contribution in [-0.4, -0.2) is 23.5 Å². The van der Waals surface area contributed by atoms with Crippen LogP contribution in [0.5, 0.6) is 5.75 Å². The molecule has 4 nitrogen and oxygen atoms in total. The number of aliphatic carboxylic acids is 1. The van der Waals surface area contributed by atoms with Gasteiger partial charge in [0.25, 0.3) is 0 Å². The number of carbonyl (C=O) groups excluding carboxylic acids is 1. The Morgan fingerprint density at radius 3 is 2.12 bits per heavy atom. The molecule has 0 heterocycles. The van der Waals surface area contributed by atoms with Crippen molar-refractivity contribution in [2.75, 3.05) is 0 Å². The lowest BCUT2D eigenvalue weighted by molar-refractivity contribution is -0.274. The van der Waals surface area contributed by atoms with Gasteiger partial charge in [0.15, 0.2) is 0 Å². The molecule has 0 radical (unpaired) electrons. The van der Waals surface area contributed by atoms with Crippen LogP contribution in [0.15, 0.2) is 48.5 Å². The van der Waals surface area contributed by atoms with Gasteiger partial charge in [-0.3, -0.25) is 9.59 Å². The molecule has 0 aliphatic heterocycles. The minimum absolute atomic E-state index is 0.00675. The topological polar surface area (TPSA) is 63.6 Å². The number of hydrogen-bond acceptors (Lipinski definition) is 3. The first kappa shape index (κ1) is 17.5. The summed E-state index contributed by atoms with van der Waals surface area (Å²) < 4.78 is 53.4. The maximum Gasteiger partial charge on any atom is 0.573 e. The first-order valence-corrected chi connectivity index (χ1v) is 6.55. The third-order valence-electron chi connectivity index (χ3n) is 3.12. The molecule has 1 atom stereocenters. The molecule has 126 valence electrons. The molecule has 8 heteroatoms. The van der Waals surface area contributed by atoms with Gasteiger partial charge in [0, 0.05) is 0 Å². The van der Waals surface area contributed by atoms with E-state index in [-0.39, 0.29) is 16.7 Å². The highest BCUT2D eigenvalue weighted by Crippen LogP contribution is 2.30. The Morgan fingerprint density at radius 1 is 1.00 bits per heavy atom. The van der Waals surface area contributed by atoms with Gasteiger partial charge in [-0.05, 0) is 35.4 Å². The maximum absolute atomic E-state index is 12.8. The van der Waals surface area contributed by atoms with Gasteiger partial charge in [0.2, 0.25) is 0 Å². The van der Waals surface area contributed by atoms with E-state index in [1.165, 1.54) is 24.3 Å². The number of alkyl halides is 3. The fraction of sp³-hybridized carbons (Fsp3) is 0.125. The quantitative estimate of drug-likeness (QED) is 0.661. The molecule has 1 N–H and O–H groups in total. The molecule has 0 saturated carbocycles. The number of halogens is 4. The van der Waals surface area contributed by atoms with E-state index in [4.69, 9.17) is 0 Å². The average molecular weight is 342 g/mol. The summed E-state index contributed by atoms with van der Waals surface area (Å²) in [5.41, 5.74) is -0.302. The molecule has 0 saturated heterocycles. The second-order valence-corrected chi connectivity index (χ2v) is 4.79. The lowest BCUT2D eigenvalue weighted by Crippen LogP contribution is -2.18. The van der Waals surface area contributed by atoms with Crippen molar-refractivity contribution in [2.24, 2.45) is 0 Å². The molecular weight excluding hydrogens is 332 g/mol. The van der Waals surface area contributed by atoms with Crippen molar-refractivity contribution in [2.45, 2.75) is 12.3 Å². The Kier molecular flexibility index (Phi) is 4.87. The van der Waals surface area contributed by atoms with E-state index >= 15 is 0 Å². The summed E-state index contributed by atoms with van der Waals surface area (Å²) in [7, 11) is 0. The summed E-state index contributed by atoms with van der Waals surface area (Å²) >= 11 is 0. The van der Waals surface area contributed by atoms with Crippen LogP contribution < -0.4 is 4.74 Å². The van der Waals surface area contributed by atoms with Crippen LogP contribution in [0, 0.1) is 0 Å². The van der Waals surface area contributed by atoms with E-state index in [0.29, 0.717) is 0 Å². The number of carboxylic acids is 1. The average Bonchev–Trinajstić information content (AvgIpc) is 2.46. The zero-order valence-corrected chi connectivity index (χ0v) is 11.9. The van der Waals surface area contributed by atoms with Gasteiger partial charge in [0.05, 0.1) is 5.56 Å². The van der Waals surface area contributed by atoms with Crippen molar-refractivity contribution in [3.05, 3.63) is 65.2 Å². The predicted octanol–water partition coefficient (Wildman–Crippen LogP) is 3.91. The minimum Gasteiger partial charge on any atom is -0.481 e. The predicted molar refractivity (Wildman–Crippen MR) is 74.5 cm³/mol. The first-order valence-electron chi connectivity index (χ1n) is 6.55. The fourth-order valence-corrected chi connectivity index (χ4v) is 2.21. The molecule has 1 unspecified atom stereocenters. The molecule has 0 aliphatic rings. The molecule has 2 rings (SSSR count). The van der Waals surface area contributed by atoms with Crippen molar-refractivity contribution in [3.63, 3.8) is 0 Å². The van der Waals surface area contributed by atoms with Crippen LogP contribution in [0.3, 0.4) is 0 Å². The smallest absolute Gasteiger partial charge is 0.481 e. The van der Waals surface area contributed by atoms with Crippen molar-refractivity contribution in [1.82, 2.24) is 0 Å². The molecule has 0 aliphatic carbocycles. The Bertz CT molecular complexity index is 771. The van der Waals surface area contributed by atoms with Crippen LogP contribution in [0.4, 0.5) is 17.6 Å². The van der Waals surface area contributed by atoms with Gasteiger partial charge in [0.1, 0.15) is 11.7 Å². The van der Waals surface area contributed by atoms with Crippen LogP contribution in [0.25, 0.3) is 0 Å². The summed E-state index contributed by atoms with van der Waals surface area (Å²) in [6.07, 6.45) is -4.92. The SMILES string of the molecule is O=C(F)c1cccc(C(C(=O)O)c2cccc(OC(F)(F)F)c2)c1. The van der Waals surface area contributed by atoms with Crippen LogP contribution in [0.2, 0.25) is 0 Å². The maximum atomic E-state index is 12.8. The van der Waals surface area contributed by atoms with Crippen LogP contribution in [-0.2, 0) is 4.79 Å². The van der Waals surface area contributed by atoms with E-state index < -0.39 is 30.0 Å². The minimum atomic E-state index is -4.92. The Hall–Kier alpha value is -2.90. The lowest BCUT2D eigenvalue weighted by Gasteiger charge is -2.16. The highest BCUT2D eigenvalue weighted by molar-refractivity contribution is 5.89. The van der Waals surface area contributed by atoms with Gasteiger partial charge in [-0.25, -0.2) is 0 Å². The lowest BCUT2D eigenvalue weighted by atomic mass is 9.90. The van der Waals surface area contributed by atoms with E-state index in [1.807, 2.05) is 0 Å². The van der Waals surface area contributed by atoms with Crippen LogP contribution >= 0.6 is 0 Å². The number of hydrogen-bond donors (Lipinski definition) is 1. The molecular formula is C16H10F4O4. The van der Waals surface area contributed by atoms with E-state index in [9.17, 15) is 32.3 Å². The Balaban J connectivity index is 2.45. The second kappa shape index (κ2) is 6.69. The second-order valence-electron chi connectivity index (χ2n) is 4.79. The first-order chi connectivity index (χ1) is 11.2. The molecule has 0 spiro atoms. The number of ether oxygens (including phenoxy) is 1. The van der Waals surface area contributed by atoms with Gasteiger partial charge >= 0.3 is 18.4 Å². The molecule has 0 aromatic heterocycles. The summed E-state index contributed by atoms with van der Waals surface area (Å²) in [6.45, 7) is 0. The van der Waals surface area contributed by atoms with E-state index in [2.05, 4.69) is 4.74 Å². The van der Waals surface area contributed by atoms with Gasteiger partial charge in [-0.1, -0.05) is 24.3 Å². The number of carboxylic acid groups (broad SMARTS) is 1. The molecule has 2 aromatic carbocycles. The molecule has 24 heavy (non-hydrogen) atoms. The summed E-state index contributed by atoms with van der Waals surface area (Å²) in [6, 6.07) is 7.54. The number of carbonyl (C=O) groups is 2. The highest BCUT2D eigenvalue weighted by Gasteiger charge is 2.32. The number of benzene rings is 2. The van der Waals surface area contributed by atoms with Gasteiger partial charge in [-0.2, -0.15) is 4.39 Å². The zero-order valence-electron chi connectivity index (χ0n) is 11.9. The summed E-state index contributed by atoms with van der Waals surface area (Å²) in [4.78, 5) is 22.3. The normalized spacial score (nSPS) is 12.5. The highest BCUT2D eigenvalue weighted by atomic mass is 19.4. The zero-order chi connectivity index (χ0) is 17.9. The van der Waals surface area contributed by atoms with Gasteiger partial charge in [-0.15, -0.1) is 13.2 Å². The third kappa shape index (κ3) is 4.31. The molecule has 0 fully saturated rings. The van der Waals surface area contributed by atoms with Crippen molar-refractivity contribution >= 4 is 12.0 Å². The molecule has 2 aromatic rings. The largest absolute Gasteiger partial charge is 0.573 e. The van der Waals surface area contributed by atoms with Crippen molar-refractivity contribution in [1.29, 1.82) is 0 Å². The monoisotopic (exact) mass is 342 g/mol. The Labute approximate surface area is 133 Å². The molecule has 0 bridgehead atoms. The van der Waals surface area contributed by atoms with Crippen molar-refractivity contribution < 1.29 is 37.0 Å². The third-order valence-corrected chi connectivity index (χ3v) is 3.12.